The Morgan fingerprint density at radius 3 is 1.67 bits per heavy atom. The minimum absolute atomic E-state index is 0. The average molecular weight is 85.2 g/mol. The lowest BCUT2D eigenvalue weighted by atomic mass is 10.2. The molecule has 0 spiro atoms. The van der Waals surface area contributed by atoms with Gasteiger partial charge in [0.05, 0.1) is 0 Å². The summed E-state index contributed by atoms with van der Waals surface area (Å²) >= 11 is 0. The van der Waals surface area contributed by atoms with Crippen molar-refractivity contribution in [2.24, 2.45) is 5.92 Å². The fraction of sp³-hybridized carbons (Fsp3) is 0.600. The Labute approximate surface area is 39.3 Å². The van der Waals surface area contributed by atoms with Crippen molar-refractivity contribution in [1.29, 1.82) is 0 Å². The predicted molar refractivity (Wildman–Crippen MR) is 28.7 cm³/mol. The highest BCUT2D eigenvalue weighted by Crippen LogP contribution is 1.81. The number of hydrogen-bond donors (Lipinski definition) is 1. The highest BCUT2D eigenvalue weighted by Gasteiger charge is 1.74. The Kier molecular flexibility index (Phi) is 6.86. The lowest BCUT2D eigenvalue weighted by molar-refractivity contribution is 0.868. The van der Waals surface area contributed by atoms with Crippen LogP contribution in [0, 0.1) is 18.3 Å². The molecule has 0 amide bonds. The van der Waals surface area contributed by atoms with Crippen molar-refractivity contribution in [3.05, 3.63) is 0 Å². The molecule has 0 atom stereocenters. The molecule has 0 aromatic carbocycles. The molecule has 0 heterocycles. The highest BCUT2D eigenvalue weighted by molar-refractivity contribution is 4.86. The summed E-state index contributed by atoms with van der Waals surface area (Å²) < 4.78 is 0. The zero-order valence-corrected chi connectivity index (χ0v) is 4.36. The summed E-state index contributed by atoms with van der Waals surface area (Å²) in [5, 5.41) is 0. The van der Waals surface area contributed by atoms with Crippen LogP contribution in [0.25, 0.3) is 0 Å². The molecule has 0 aliphatic carbocycles. The van der Waals surface area contributed by atoms with Crippen LogP contribution < -0.4 is 6.15 Å². The zero-order valence-electron chi connectivity index (χ0n) is 4.36. The van der Waals surface area contributed by atoms with E-state index in [4.69, 9.17) is 6.42 Å². The van der Waals surface area contributed by atoms with E-state index in [0.29, 0.717) is 5.92 Å². The molecule has 0 aromatic heterocycles. The quantitative estimate of drug-likeness (QED) is 0.444. The SMILES string of the molecule is C#CC(C)C.N. The van der Waals surface area contributed by atoms with Crippen LogP contribution in [0.2, 0.25) is 0 Å². The van der Waals surface area contributed by atoms with Crippen molar-refractivity contribution in [2.45, 2.75) is 13.8 Å². The van der Waals surface area contributed by atoms with Crippen LogP contribution in [0.1, 0.15) is 13.8 Å². The summed E-state index contributed by atoms with van der Waals surface area (Å²) in [6.45, 7) is 3.97. The molecule has 36 valence electrons. The van der Waals surface area contributed by atoms with Crippen LogP contribution in [0.5, 0.6) is 0 Å². The van der Waals surface area contributed by atoms with Crippen molar-refractivity contribution in [3.8, 4) is 12.3 Å². The Balaban J connectivity index is 0. The van der Waals surface area contributed by atoms with Crippen LogP contribution >= 0.6 is 0 Å². The maximum atomic E-state index is 4.92. The van der Waals surface area contributed by atoms with Crippen molar-refractivity contribution in [2.75, 3.05) is 0 Å². The fourth-order valence-electron chi connectivity index (χ4n) is 0. The molecule has 0 bridgehead atoms. The monoisotopic (exact) mass is 85.1 g/mol. The third-order valence-corrected chi connectivity index (χ3v) is 0.333. The minimum atomic E-state index is 0. The Morgan fingerprint density at radius 1 is 1.50 bits per heavy atom. The largest absolute Gasteiger partial charge is 0.344 e. The molecular weight excluding hydrogens is 74.1 g/mol. The Morgan fingerprint density at radius 2 is 1.67 bits per heavy atom. The van der Waals surface area contributed by atoms with Gasteiger partial charge in [0.25, 0.3) is 0 Å². The summed E-state index contributed by atoms with van der Waals surface area (Å²) in [7, 11) is 0. The number of terminal acetylenes is 1. The van der Waals surface area contributed by atoms with Gasteiger partial charge in [0.1, 0.15) is 0 Å². The van der Waals surface area contributed by atoms with E-state index in [1.54, 1.807) is 0 Å². The maximum Gasteiger partial charge on any atom is 0.0143 e. The van der Waals surface area contributed by atoms with Crippen LogP contribution in [-0.2, 0) is 0 Å². The first-order valence-corrected chi connectivity index (χ1v) is 1.73. The zero-order chi connectivity index (χ0) is 4.28. The second kappa shape index (κ2) is 4.52. The summed E-state index contributed by atoms with van der Waals surface area (Å²) in [4.78, 5) is 0. The first-order valence-electron chi connectivity index (χ1n) is 1.73. The topological polar surface area (TPSA) is 35.0 Å². The van der Waals surface area contributed by atoms with Gasteiger partial charge in [-0.2, -0.15) is 0 Å². The first-order chi connectivity index (χ1) is 2.27. The molecular formula is C5H11N. The summed E-state index contributed by atoms with van der Waals surface area (Å²) in [6.07, 6.45) is 4.92. The Bertz CT molecular complexity index is 49.4. The van der Waals surface area contributed by atoms with E-state index in [0.717, 1.165) is 0 Å². The first kappa shape index (κ1) is 9.10. The van der Waals surface area contributed by atoms with E-state index in [-0.39, 0.29) is 6.15 Å². The van der Waals surface area contributed by atoms with Gasteiger partial charge in [-0.05, 0) is 0 Å². The lowest BCUT2D eigenvalue weighted by Gasteiger charge is -1.80. The lowest BCUT2D eigenvalue weighted by Crippen LogP contribution is -1.72. The molecule has 0 aliphatic rings. The van der Waals surface area contributed by atoms with E-state index in [1.165, 1.54) is 0 Å². The van der Waals surface area contributed by atoms with Gasteiger partial charge in [-0.15, -0.1) is 12.3 Å². The molecule has 0 saturated carbocycles. The summed E-state index contributed by atoms with van der Waals surface area (Å²) in [5.74, 6) is 2.94. The molecule has 0 radical (unpaired) electrons. The molecule has 0 rings (SSSR count). The van der Waals surface area contributed by atoms with E-state index in [9.17, 15) is 0 Å². The van der Waals surface area contributed by atoms with E-state index in [2.05, 4.69) is 5.92 Å². The number of rotatable bonds is 0. The van der Waals surface area contributed by atoms with Crippen molar-refractivity contribution in [1.82, 2.24) is 6.15 Å². The second-order valence-corrected chi connectivity index (χ2v) is 1.32. The van der Waals surface area contributed by atoms with Gasteiger partial charge in [0.2, 0.25) is 0 Å². The minimum Gasteiger partial charge on any atom is -0.344 e. The van der Waals surface area contributed by atoms with Gasteiger partial charge in [-0.3, -0.25) is 0 Å². The van der Waals surface area contributed by atoms with Crippen LogP contribution in [-0.4, -0.2) is 0 Å². The van der Waals surface area contributed by atoms with Crippen LogP contribution in [0.15, 0.2) is 0 Å². The van der Waals surface area contributed by atoms with E-state index in [1.807, 2.05) is 13.8 Å². The van der Waals surface area contributed by atoms with Gasteiger partial charge in [0, 0.05) is 5.92 Å². The molecule has 0 unspecified atom stereocenters. The normalized spacial score (nSPS) is 6.33. The third kappa shape index (κ3) is 9.68. The second-order valence-electron chi connectivity index (χ2n) is 1.32. The molecule has 1 nitrogen and oxygen atoms in total. The van der Waals surface area contributed by atoms with Crippen LogP contribution in [0.4, 0.5) is 0 Å². The average Bonchev–Trinajstić information content (AvgIpc) is 1.38. The summed E-state index contributed by atoms with van der Waals surface area (Å²) in [6, 6.07) is 0. The van der Waals surface area contributed by atoms with Crippen molar-refractivity contribution in [3.63, 3.8) is 0 Å². The molecule has 1 heteroatoms. The molecule has 0 aromatic rings. The molecule has 3 N–H and O–H groups in total. The molecule has 0 fully saturated rings. The van der Waals surface area contributed by atoms with E-state index < -0.39 is 0 Å². The van der Waals surface area contributed by atoms with Crippen molar-refractivity contribution >= 4 is 0 Å². The predicted octanol–water partition coefficient (Wildman–Crippen LogP) is 1.44. The molecule has 0 saturated heterocycles. The molecule has 6 heavy (non-hydrogen) atoms. The van der Waals surface area contributed by atoms with Gasteiger partial charge in [-0.25, -0.2) is 0 Å². The van der Waals surface area contributed by atoms with Crippen molar-refractivity contribution < 1.29 is 0 Å². The van der Waals surface area contributed by atoms with Gasteiger partial charge >= 0.3 is 0 Å². The third-order valence-electron chi connectivity index (χ3n) is 0.333. The smallest absolute Gasteiger partial charge is 0.0143 e. The highest BCUT2D eigenvalue weighted by atomic mass is 14.0. The van der Waals surface area contributed by atoms with E-state index >= 15 is 0 Å². The van der Waals surface area contributed by atoms with Gasteiger partial charge in [-0.1, -0.05) is 13.8 Å². The van der Waals surface area contributed by atoms with Crippen LogP contribution in [0.3, 0.4) is 0 Å². The van der Waals surface area contributed by atoms with Gasteiger partial charge < -0.3 is 6.15 Å². The Hall–Kier alpha value is -0.480. The fourth-order valence-corrected chi connectivity index (χ4v) is 0. The van der Waals surface area contributed by atoms with Gasteiger partial charge in [0.15, 0.2) is 0 Å². The standard InChI is InChI=1S/C5H8.H3N/c1-4-5(2)3;/h1,5H,2-3H3;1H3. The summed E-state index contributed by atoms with van der Waals surface area (Å²) in [5.41, 5.74) is 0. The maximum absolute atomic E-state index is 4.92. The molecule has 0 aliphatic heterocycles. The number of hydrogen-bond acceptors (Lipinski definition) is 1.